The van der Waals surface area contributed by atoms with Crippen molar-refractivity contribution in [1.29, 1.82) is 0 Å². The van der Waals surface area contributed by atoms with Crippen LogP contribution in [0.5, 0.6) is 5.75 Å². The van der Waals surface area contributed by atoms with E-state index in [9.17, 15) is 9.18 Å². The molecule has 0 saturated heterocycles. The van der Waals surface area contributed by atoms with Gasteiger partial charge in [-0.3, -0.25) is 4.79 Å². The summed E-state index contributed by atoms with van der Waals surface area (Å²) in [4.78, 5) is 12.0. The Morgan fingerprint density at radius 1 is 1.10 bits per heavy atom. The Morgan fingerprint density at radius 3 is 2.38 bits per heavy atom. The summed E-state index contributed by atoms with van der Waals surface area (Å²) in [5, 5.41) is 2.68. The fourth-order valence-corrected chi connectivity index (χ4v) is 1.82. The van der Waals surface area contributed by atoms with Gasteiger partial charge in [0.25, 0.3) is 5.91 Å². The van der Waals surface area contributed by atoms with Crippen LogP contribution in [-0.4, -0.2) is 12.0 Å². The second-order valence-corrected chi connectivity index (χ2v) is 5.00. The summed E-state index contributed by atoms with van der Waals surface area (Å²) in [7, 11) is 0. The minimum Gasteiger partial charge on any atom is -0.481 e. The summed E-state index contributed by atoms with van der Waals surface area (Å²) in [5.74, 6) is 0.0344. The molecule has 1 N–H and O–H groups in total. The molecule has 1 atom stereocenters. The molecule has 0 bridgehead atoms. The predicted molar refractivity (Wildman–Crippen MR) is 81.0 cm³/mol. The van der Waals surface area contributed by atoms with E-state index in [4.69, 9.17) is 4.74 Å². The van der Waals surface area contributed by atoms with E-state index in [1.54, 1.807) is 6.92 Å². The molecule has 0 aliphatic heterocycles. The van der Waals surface area contributed by atoms with Crippen molar-refractivity contribution < 1.29 is 13.9 Å². The molecule has 21 heavy (non-hydrogen) atoms. The quantitative estimate of drug-likeness (QED) is 0.927. The number of anilines is 1. The normalized spacial score (nSPS) is 11.8. The molecule has 2 aromatic rings. The molecule has 0 radical (unpaired) electrons. The highest BCUT2D eigenvalue weighted by Gasteiger charge is 2.15. The van der Waals surface area contributed by atoms with Gasteiger partial charge in [0.2, 0.25) is 0 Å². The standard InChI is InChI=1S/C17H18FNO2/c1-11-4-9-16(10-12(11)2)21-13(3)17(20)19-15-7-5-14(18)6-8-15/h4-10,13H,1-3H3,(H,19,20)/t13-/m0/s1. The molecule has 1 amide bonds. The van der Waals surface area contributed by atoms with E-state index in [1.807, 2.05) is 32.0 Å². The topological polar surface area (TPSA) is 38.3 Å². The molecule has 4 heteroatoms. The monoisotopic (exact) mass is 287 g/mol. The van der Waals surface area contributed by atoms with Crippen molar-refractivity contribution in [2.75, 3.05) is 5.32 Å². The van der Waals surface area contributed by atoms with Gasteiger partial charge in [-0.2, -0.15) is 0 Å². The lowest BCUT2D eigenvalue weighted by Gasteiger charge is -2.15. The summed E-state index contributed by atoms with van der Waals surface area (Å²) in [6.45, 7) is 5.68. The highest BCUT2D eigenvalue weighted by atomic mass is 19.1. The predicted octanol–water partition coefficient (Wildman–Crippen LogP) is 3.85. The number of hydrogen-bond acceptors (Lipinski definition) is 2. The molecule has 0 spiro atoms. The van der Waals surface area contributed by atoms with Gasteiger partial charge in [0.1, 0.15) is 11.6 Å². The number of amides is 1. The molecular formula is C17H18FNO2. The van der Waals surface area contributed by atoms with Crippen LogP contribution in [0.1, 0.15) is 18.1 Å². The second kappa shape index (κ2) is 6.39. The van der Waals surface area contributed by atoms with Crippen molar-refractivity contribution >= 4 is 11.6 Å². The Balaban J connectivity index is 1.98. The molecular weight excluding hydrogens is 269 g/mol. The number of carbonyl (C=O) groups is 1. The third-order valence-corrected chi connectivity index (χ3v) is 3.27. The highest BCUT2D eigenvalue weighted by molar-refractivity contribution is 5.94. The maximum absolute atomic E-state index is 12.8. The van der Waals surface area contributed by atoms with E-state index in [2.05, 4.69) is 5.32 Å². The Labute approximate surface area is 123 Å². The van der Waals surface area contributed by atoms with E-state index in [0.717, 1.165) is 5.56 Å². The summed E-state index contributed by atoms with van der Waals surface area (Å²) >= 11 is 0. The number of ether oxygens (including phenoxy) is 1. The summed E-state index contributed by atoms with van der Waals surface area (Å²) in [6, 6.07) is 11.3. The van der Waals surface area contributed by atoms with Gasteiger partial charge >= 0.3 is 0 Å². The Bertz CT molecular complexity index is 638. The first-order valence-corrected chi connectivity index (χ1v) is 6.76. The van der Waals surface area contributed by atoms with Crippen LogP contribution in [-0.2, 0) is 4.79 Å². The van der Waals surface area contributed by atoms with E-state index in [1.165, 1.54) is 29.8 Å². The zero-order valence-electron chi connectivity index (χ0n) is 12.3. The first-order valence-electron chi connectivity index (χ1n) is 6.76. The summed E-state index contributed by atoms with van der Waals surface area (Å²) < 4.78 is 18.4. The maximum atomic E-state index is 12.8. The molecule has 3 nitrogen and oxygen atoms in total. The van der Waals surface area contributed by atoms with Crippen molar-refractivity contribution in [3.8, 4) is 5.75 Å². The number of rotatable bonds is 4. The van der Waals surface area contributed by atoms with Gasteiger partial charge in [-0.1, -0.05) is 6.07 Å². The molecule has 2 aromatic carbocycles. The second-order valence-electron chi connectivity index (χ2n) is 5.00. The van der Waals surface area contributed by atoms with Crippen LogP contribution in [0.25, 0.3) is 0 Å². The molecule has 0 heterocycles. The van der Waals surface area contributed by atoms with Gasteiger partial charge in [0, 0.05) is 5.69 Å². The summed E-state index contributed by atoms with van der Waals surface area (Å²) in [6.07, 6.45) is -0.642. The molecule has 110 valence electrons. The molecule has 0 aromatic heterocycles. The molecule has 0 fully saturated rings. The first kappa shape index (κ1) is 15.0. The lowest BCUT2D eigenvalue weighted by molar-refractivity contribution is -0.122. The van der Waals surface area contributed by atoms with Crippen LogP contribution in [0.3, 0.4) is 0 Å². The van der Waals surface area contributed by atoms with Crippen molar-refractivity contribution in [1.82, 2.24) is 0 Å². The van der Waals surface area contributed by atoms with Gasteiger partial charge in [-0.05, 0) is 68.3 Å². The average molecular weight is 287 g/mol. The zero-order chi connectivity index (χ0) is 15.4. The van der Waals surface area contributed by atoms with Crippen molar-refractivity contribution in [2.24, 2.45) is 0 Å². The Hall–Kier alpha value is -2.36. The van der Waals surface area contributed by atoms with Crippen molar-refractivity contribution in [2.45, 2.75) is 26.9 Å². The number of benzene rings is 2. The number of hydrogen-bond donors (Lipinski definition) is 1. The van der Waals surface area contributed by atoms with Crippen LogP contribution >= 0.6 is 0 Å². The van der Waals surface area contributed by atoms with Crippen molar-refractivity contribution in [3.63, 3.8) is 0 Å². The molecule has 0 aliphatic carbocycles. The van der Waals surface area contributed by atoms with Crippen LogP contribution < -0.4 is 10.1 Å². The van der Waals surface area contributed by atoms with E-state index in [0.29, 0.717) is 11.4 Å². The maximum Gasteiger partial charge on any atom is 0.265 e. The largest absolute Gasteiger partial charge is 0.481 e. The van der Waals surface area contributed by atoms with E-state index in [-0.39, 0.29) is 11.7 Å². The summed E-state index contributed by atoms with van der Waals surface area (Å²) in [5.41, 5.74) is 2.82. The van der Waals surface area contributed by atoms with Gasteiger partial charge in [-0.25, -0.2) is 4.39 Å². The third-order valence-electron chi connectivity index (χ3n) is 3.27. The first-order chi connectivity index (χ1) is 9.95. The van der Waals surface area contributed by atoms with Gasteiger partial charge in [0.15, 0.2) is 6.10 Å². The lowest BCUT2D eigenvalue weighted by atomic mass is 10.1. The fourth-order valence-electron chi connectivity index (χ4n) is 1.82. The minimum atomic E-state index is -0.642. The van der Waals surface area contributed by atoms with Gasteiger partial charge in [-0.15, -0.1) is 0 Å². The molecule has 0 unspecified atom stereocenters. The van der Waals surface area contributed by atoms with Crippen LogP contribution in [0.2, 0.25) is 0 Å². The highest BCUT2D eigenvalue weighted by Crippen LogP contribution is 2.18. The zero-order valence-corrected chi connectivity index (χ0v) is 12.3. The van der Waals surface area contributed by atoms with Crippen LogP contribution in [0, 0.1) is 19.7 Å². The number of halogens is 1. The van der Waals surface area contributed by atoms with E-state index >= 15 is 0 Å². The molecule has 0 aliphatic rings. The average Bonchev–Trinajstić information content (AvgIpc) is 2.45. The van der Waals surface area contributed by atoms with E-state index < -0.39 is 6.10 Å². The Kier molecular flexibility index (Phi) is 4.58. The van der Waals surface area contributed by atoms with Crippen LogP contribution in [0.4, 0.5) is 10.1 Å². The van der Waals surface area contributed by atoms with Crippen LogP contribution in [0.15, 0.2) is 42.5 Å². The third kappa shape index (κ3) is 4.05. The number of aryl methyl sites for hydroxylation is 2. The number of carbonyl (C=O) groups excluding carboxylic acids is 1. The molecule has 2 rings (SSSR count). The van der Waals surface area contributed by atoms with Crippen molar-refractivity contribution in [3.05, 3.63) is 59.4 Å². The lowest BCUT2D eigenvalue weighted by Crippen LogP contribution is -2.30. The number of nitrogens with one attached hydrogen (secondary N) is 1. The minimum absolute atomic E-state index is 0.278. The SMILES string of the molecule is Cc1ccc(O[C@@H](C)C(=O)Nc2ccc(F)cc2)cc1C. The van der Waals surface area contributed by atoms with Gasteiger partial charge < -0.3 is 10.1 Å². The Morgan fingerprint density at radius 2 is 1.76 bits per heavy atom. The smallest absolute Gasteiger partial charge is 0.265 e. The molecule has 0 saturated carbocycles. The van der Waals surface area contributed by atoms with Gasteiger partial charge in [0.05, 0.1) is 0 Å². The fraction of sp³-hybridized carbons (Fsp3) is 0.235.